The zero-order valence-corrected chi connectivity index (χ0v) is 13.0. The molecule has 0 aliphatic carbocycles. The molecule has 0 saturated carbocycles. The van der Waals surface area contributed by atoms with Gasteiger partial charge in [-0.05, 0) is 23.3 Å². The van der Waals surface area contributed by atoms with Gasteiger partial charge >= 0.3 is 0 Å². The van der Waals surface area contributed by atoms with Crippen molar-refractivity contribution in [2.24, 2.45) is 5.73 Å². The molecule has 0 spiro atoms. The van der Waals surface area contributed by atoms with Crippen LogP contribution in [-0.4, -0.2) is 23.9 Å². The lowest BCUT2D eigenvalue weighted by atomic mass is 10.1. The van der Waals surface area contributed by atoms with E-state index in [0.717, 1.165) is 25.3 Å². The van der Waals surface area contributed by atoms with Crippen LogP contribution < -0.4 is 11.1 Å². The van der Waals surface area contributed by atoms with Gasteiger partial charge in [0, 0.05) is 38.8 Å². The molecule has 4 heteroatoms. The molecule has 0 bridgehead atoms. The second-order valence-corrected chi connectivity index (χ2v) is 5.36. The van der Waals surface area contributed by atoms with E-state index in [1.807, 2.05) is 30.3 Å². The van der Waals surface area contributed by atoms with E-state index in [4.69, 9.17) is 5.73 Å². The summed E-state index contributed by atoms with van der Waals surface area (Å²) >= 11 is 0. The molecule has 0 aliphatic rings. The first kappa shape index (κ1) is 16.2. The average molecular weight is 297 g/mol. The van der Waals surface area contributed by atoms with Gasteiger partial charge < -0.3 is 11.1 Å². The van der Waals surface area contributed by atoms with Crippen LogP contribution in [0, 0.1) is 0 Å². The van der Waals surface area contributed by atoms with Crippen LogP contribution in [0.1, 0.15) is 18.1 Å². The number of carbonyl (C=O) groups excluding carboxylic acids is 1. The quantitative estimate of drug-likeness (QED) is 0.826. The summed E-state index contributed by atoms with van der Waals surface area (Å²) in [6, 6.07) is 18.3. The number of hydrogen-bond acceptors (Lipinski definition) is 3. The highest BCUT2D eigenvalue weighted by molar-refractivity contribution is 5.88. The summed E-state index contributed by atoms with van der Waals surface area (Å²) in [5.41, 5.74) is 9.04. The van der Waals surface area contributed by atoms with E-state index in [9.17, 15) is 4.79 Å². The molecule has 2 aromatic rings. The molecule has 0 atom stereocenters. The number of nitrogens with one attached hydrogen (secondary N) is 1. The molecule has 0 fully saturated rings. The number of hydrogen-bond donors (Lipinski definition) is 2. The lowest BCUT2D eigenvalue weighted by Crippen LogP contribution is -2.28. The molecule has 2 rings (SSSR count). The molecule has 22 heavy (non-hydrogen) atoms. The third kappa shape index (κ3) is 5.31. The third-order valence-electron chi connectivity index (χ3n) is 3.37. The number of anilines is 1. The summed E-state index contributed by atoms with van der Waals surface area (Å²) in [5.74, 6) is -0.0541. The first-order valence-electron chi connectivity index (χ1n) is 7.50. The summed E-state index contributed by atoms with van der Waals surface area (Å²) in [6.07, 6.45) is 0. The second-order valence-electron chi connectivity index (χ2n) is 5.36. The summed E-state index contributed by atoms with van der Waals surface area (Å²) < 4.78 is 0. The minimum Gasteiger partial charge on any atom is -0.329 e. The van der Waals surface area contributed by atoms with E-state index < -0.39 is 0 Å². The molecule has 1 amide bonds. The average Bonchev–Trinajstić information content (AvgIpc) is 2.50. The minimum absolute atomic E-state index is 0.0541. The van der Waals surface area contributed by atoms with Crippen LogP contribution in [-0.2, 0) is 17.9 Å². The molecule has 0 heterocycles. The molecule has 0 unspecified atom stereocenters. The Hall–Kier alpha value is -2.17. The maximum atomic E-state index is 11.0. The van der Waals surface area contributed by atoms with Crippen LogP contribution in [0.15, 0.2) is 54.6 Å². The molecule has 116 valence electrons. The van der Waals surface area contributed by atoms with Crippen LogP contribution >= 0.6 is 0 Å². The van der Waals surface area contributed by atoms with E-state index in [2.05, 4.69) is 34.5 Å². The first-order valence-corrected chi connectivity index (χ1v) is 7.50. The highest BCUT2D eigenvalue weighted by Gasteiger charge is 2.06. The van der Waals surface area contributed by atoms with E-state index in [1.54, 1.807) is 0 Å². The van der Waals surface area contributed by atoms with E-state index in [0.29, 0.717) is 6.54 Å². The molecule has 0 saturated heterocycles. The number of carbonyl (C=O) groups is 1. The van der Waals surface area contributed by atoms with Gasteiger partial charge in [-0.3, -0.25) is 9.69 Å². The molecular formula is C18H23N3O. The van der Waals surface area contributed by atoms with Crippen molar-refractivity contribution in [3.05, 3.63) is 65.7 Å². The topological polar surface area (TPSA) is 58.4 Å². The van der Waals surface area contributed by atoms with E-state index >= 15 is 0 Å². The largest absolute Gasteiger partial charge is 0.329 e. The van der Waals surface area contributed by atoms with Crippen molar-refractivity contribution in [3.63, 3.8) is 0 Å². The van der Waals surface area contributed by atoms with Gasteiger partial charge in [-0.1, -0.05) is 42.5 Å². The number of nitrogens with two attached hydrogens (primary N) is 1. The lowest BCUT2D eigenvalue weighted by Gasteiger charge is -2.22. The Morgan fingerprint density at radius 2 is 1.59 bits per heavy atom. The van der Waals surface area contributed by atoms with Gasteiger partial charge in [0.25, 0.3) is 0 Å². The Morgan fingerprint density at radius 3 is 2.14 bits per heavy atom. The lowest BCUT2D eigenvalue weighted by molar-refractivity contribution is -0.114. The second kappa shape index (κ2) is 8.32. The summed E-state index contributed by atoms with van der Waals surface area (Å²) in [7, 11) is 0. The van der Waals surface area contributed by atoms with E-state index in [-0.39, 0.29) is 5.91 Å². The number of benzene rings is 2. The van der Waals surface area contributed by atoms with Crippen molar-refractivity contribution in [2.75, 3.05) is 18.4 Å². The molecule has 0 aromatic heterocycles. The maximum absolute atomic E-state index is 11.0. The monoisotopic (exact) mass is 297 g/mol. The van der Waals surface area contributed by atoms with Gasteiger partial charge in [-0.2, -0.15) is 0 Å². The fourth-order valence-corrected chi connectivity index (χ4v) is 2.39. The molecule has 2 aromatic carbocycles. The molecule has 4 nitrogen and oxygen atoms in total. The van der Waals surface area contributed by atoms with Gasteiger partial charge in [0.2, 0.25) is 5.91 Å². The number of rotatable bonds is 7. The van der Waals surface area contributed by atoms with Crippen molar-refractivity contribution < 1.29 is 4.79 Å². The Balaban J connectivity index is 1.99. The predicted octanol–water partition coefficient (Wildman–Crippen LogP) is 2.61. The highest BCUT2D eigenvalue weighted by atomic mass is 16.1. The fourth-order valence-electron chi connectivity index (χ4n) is 2.39. The molecule has 0 aliphatic heterocycles. The van der Waals surface area contributed by atoms with Gasteiger partial charge in [0.05, 0.1) is 0 Å². The van der Waals surface area contributed by atoms with Crippen LogP contribution in [0.2, 0.25) is 0 Å². The normalized spacial score (nSPS) is 10.7. The Bertz CT molecular complexity index is 581. The van der Waals surface area contributed by atoms with Gasteiger partial charge in [0.1, 0.15) is 0 Å². The van der Waals surface area contributed by atoms with Gasteiger partial charge in [0.15, 0.2) is 0 Å². The van der Waals surface area contributed by atoms with Crippen LogP contribution in [0.4, 0.5) is 5.69 Å². The zero-order valence-electron chi connectivity index (χ0n) is 13.0. The summed E-state index contributed by atoms with van der Waals surface area (Å²) in [6.45, 7) is 4.72. The summed E-state index contributed by atoms with van der Waals surface area (Å²) in [4.78, 5) is 13.4. The smallest absolute Gasteiger partial charge is 0.221 e. The van der Waals surface area contributed by atoms with Crippen molar-refractivity contribution in [2.45, 2.75) is 20.0 Å². The van der Waals surface area contributed by atoms with Crippen molar-refractivity contribution in [3.8, 4) is 0 Å². The third-order valence-corrected chi connectivity index (χ3v) is 3.37. The fraction of sp³-hybridized carbons (Fsp3) is 0.278. The minimum atomic E-state index is -0.0541. The standard InChI is InChI=1S/C18H23N3O/c1-15(22)20-18-9-7-17(8-10-18)14-21(12-11-19)13-16-5-3-2-4-6-16/h2-10H,11-14,19H2,1H3,(H,20,22). The zero-order chi connectivity index (χ0) is 15.8. The van der Waals surface area contributed by atoms with E-state index in [1.165, 1.54) is 18.1 Å². The number of amides is 1. The Labute approximate surface area is 131 Å². The Morgan fingerprint density at radius 1 is 1.00 bits per heavy atom. The highest BCUT2D eigenvalue weighted by Crippen LogP contribution is 2.13. The van der Waals surface area contributed by atoms with Crippen molar-refractivity contribution in [1.29, 1.82) is 0 Å². The van der Waals surface area contributed by atoms with Crippen LogP contribution in [0.3, 0.4) is 0 Å². The van der Waals surface area contributed by atoms with Crippen molar-refractivity contribution >= 4 is 11.6 Å². The van der Waals surface area contributed by atoms with Gasteiger partial charge in [-0.25, -0.2) is 0 Å². The maximum Gasteiger partial charge on any atom is 0.221 e. The van der Waals surface area contributed by atoms with Crippen LogP contribution in [0.5, 0.6) is 0 Å². The predicted molar refractivity (Wildman–Crippen MR) is 90.4 cm³/mol. The molecule has 0 radical (unpaired) electrons. The summed E-state index contributed by atoms with van der Waals surface area (Å²) in [5, 5.41) is 2.78. The van der Waals surface area contributed by atoms with Crippen LogP contribution in [0.25, 0.3) is 0 Å². The van der Waals surface area contributed by atoms with Crippen molar-refractivity contribution in [1.82, 2.24) is 4.90 Å². The first-order chi connectivity index (χ1) is 10.7. The molecule has 3 N–H and O–H groups in total. The SMILES string of the molecule is CC(=O)Nc1ccc(CN(CCN)Cc2ccccc2)cc1. The Kier molecular flexibility index (Phi) is 6.13. The molecular weight excluding hydrogens is 274 g/mol. The van der Waals surface area contributed by atoms with Gasteiger partial charge in [-0.15, -0.1) is 0 Å². The number of nitrogens with zero attached hydrogens (tertiary/aromatic N) is 1.